The molecule has 1 saturated heterocycles. The third-order valence-corrected chi connectivity index (χ3v) is 4.10. The lowest BCUT2D eigenvalue weighted by Gasteiger charge is -2.38. The first-order valence-corrected chi connectivity index (χ1v) is 7.13. The molecule has 2 aromatic heterocycles. The van der Waals surface area contributed by atoms with Gasteiger partial charge in [0.2, 0.25) is 0 Å². The molecule has 0 saturated carbocycles. The normalized spacial score (nSPS) is 21.3. The van der Waals surface area contributed by atoms with Crippen LogP contribution in [0.4, 0.5) is 0 Å². The van der Waals surface area contributed by atoms with Gasteiger partial charge in [-0.1, -0.05) is 12.5 Å². The van der Waals surface area contributed by atoms with Crippen LogP contribution >= 0.6 is 0 Å². The molecule has 1 unspecified atom stereocenters. The van der Waals surface area contributed by atoms with Crippen LogP contribution in [0.2, 0.25) is 0 Å². The smallest absolute Gasteiger partial charge is 0.256 e. The molecule has 102 valence electrons. The van der Waals surface area contributed by atoms with E-state index in [-0.39, 0.29) is 5.56 Å². The summed E-state index contributed by atoms with van der Waals surface area (Å²) in [7, 11) is 0. The number of likely N-dealkylation sites (tertiary alicyclic amines) is 1. The van der Waals surface area contributed by atoms with Crippen molar-refractivity contribution in [2.45, 2.75) is 45.2 Å². The molecule has 1 fully saturated rings. The van der Waals surface area contributed by atoms with Crippen molar-refractivity contribution >= 4 is 5.65 Å². The van der Waals surface area contributed by atoms with E-state index in [1.54, 1.807) is 16.5 Å². The van der Waals surface area contributed by atoms with Gasteiger partial charge in [0.05, 0.1) is 11.7 Å². The van der Waals surface area contributed by atoms with Gasteiger partial charge in [-0.25, -0.2) is 0 Å². The summed E-state index contributed by atoms with van der Waals surface area (Å²) in [4.78, 5) is 17.8. The first-order chi connectivity index (χ1) is 9.16. The number of rotatable bonds is 2. The molecule has 0 aromatic carbocycles. The number of nitrogens with one attached hydrogen (secondary N) is 1. The van der Waals surface area contributed by atoms with Crippen molar-refractivity contribution < 1.29 is 0 Å². The number of pyridine rings is 1. The Morgan fingerprint density at radius 1 is 1.32 bits per heavy atom. The van der Waals surface area contributed by atoms with Crippen molar-refractivity contribution in [1.82, 2.24) is 14.3 Å². The third-order valence-electron chi connectivity index (χ3n) is 4.10. The number of piperidine rings is 1. The fraction of sp³-hybridized carbons (Fsp3) is 0.533. The van der Waals surface area contributed by atoms with Crippen molar-refractivity contribution in [2.24, 2.45) is 0 Å². The van der Waals surface area contributed by atoms with Crippen LogP contribution in [0.5, 0.6) is 0 Å². The highest BCUT2D eigenvalue weighted by Gasteiger charge is 2.27. The van der Waals surface area contributed by atoms with Crippen molar-refractivity contribution in [3.8, 4) is 0 Å². The van der Waals surface area contributed by atoms with Crippen LogP contribution < -0.4 is 5.56 Å². The van der Waals surface area contributed by atoms with Gasteiger partial charge in [-0.05, 0) is 39.3 Å². The van der Waals surface area contributed by atoms with E-state index in [2.05, 4.69) is 23.7 Å². The van der Waals surface area contributed by atoms with Crippen LogP contribution in [0.3, 0.4) is 0 Å². The molecule has 0 radical (unpaired) electrons. The number of aromatic amines is 1. The number of aromatic nitrogens is 2. The van der Waals surface area contributed by atoms with Crippen molar-refractivity contribution in [1.29, 1.82) is 0 Å². The maximum atomic E-state index is 11.8. The summed E-state index contributed by atoms with van der Waals surface area (Å²) in [6.07, 6.45) is 5.68. The minimum atomic E-state index is 0.0342. The van der Waals surface area contributed by atoms with Crippen molar-refractivity contribution in [3.05, 3.63) is 40.4 Å². The fourth-order valence-electron chi connectivity index (χ4n) is 3.13. The Bertz CT molecular complexity index is 626. The van der Waals surface area contributed by atoms with Gasteiger partial charge < -0.3 is 4.98 Å². The highest BCUT2D eigenvalue weighted by Crippen LogP contribution is 2.31. The van der Waals surface area contributed by atoms with E-state index in [4.69, 9.17) is 0 Å². The van der Waals surface area contributed by atoms with E-state index in [0.717, 1.165) is 17.9 Å². The first kappa shape index (κ1) is 12.5. The molecule has 1 aliphatic rings. The second kappa shape index (κ2) is 4.85. The van der Waals surface area contributed by atoms with Gasteiger partial charge in [0.25, 0.3) is 5.56 Å². The number of H-pyrrole nitrogens is 1. The predicted octanol–water partition coefficient (Wildman–Crippen LogP) is 2.56. The summed E-state index contributed by atoms with van der Waals surface area (Å²) in [5, 5.41) is 0. The lowest BCUT2D eigenvalue weighted by molar-refractivity contribution is 0.109. The highest BCUT2D eigenvalue weighted by molar-refractivity contribution is 5.40. The zero-order valence-electron chi connectivity index (χ0n) is 11.6. The molecule has 3 rings (SSSR count). The molecular weight excluding hydrogens is 238 g/mol. The highest BCUT2D eigenvalue weighted by atomic mass is 16.1. The molecule has 1 N–H and O–H groups in total. The topological polar surface area (TPSA) is 40.5 Å². The molecule has 0 amide bonds. The second-order valence-corrected chi connectivity index (χ2v) is 5.67. The van der Waals surface area contributed by atoms with Crippen LogP contribution in [0.25, 0.3) is 5.65 Å². The Hall–Kier alpha value is -1.55. The van der Waals surface area contributed by atoms with Gasteiger partial charge in [0, 0.05) is 18.3 Å². The molecule has 0 aliphatic carbocycles. The van der Waals surface area contributed by atoms with E-state index >= 15 is 0 Å². The monoisotopic (exact) mass is 259 g/mol. The third kappa shape index (κ3) is 2.21. The van der Waals surface area contributed by atoms with Crippen LogP contribution in [0.15, 0.2) is 29.2 Å². The van der Waals surface area contributed by atoms with Gasteiger partial charge >= 0.3 is 0 Å². The molecule has 3 heterocycles. The lowest BCUT2D eigenvalue weighted by atomic mass is 9.98. The molecule has 4 heteroatoms. The Morgan fingerprint density at radius 2 is 2.16 bits per heavy atom. The second-order valence-electron chi connectivity index (χ2n) is 5.67. The predicted molar refractivity (Wildman–Crippen MR) is 76.5 cm³/mol. The summed E-state index contributed by atoms with van der Waals surface area (Å²) in [5.74, 6) is 0. The maximum absolute atomic E-state index is 11.8. The summed E-state index contributed by atoms with van der Waals surface area (Å²) < 4.78 is 1.71. The van der Waals surface area contributed by atoms with Crippen LogP contribution in [0, 0.1) is 0 Å². The van der Waals surface area contributed by atoms with Gasteiger partial charge in [-0.15, -0.1) is 0 Å². The summed E-state index contributed by atoms with van der Waals surface area (Å²) >= 11 is 0. The first-order valence-electron chi connectivity index (χ1n) is 7.13. The van der Waals surface area contributed by atoms with E-state index < -0.39 is 0 Å². The lowest BCUT2D eigenvalue weighted by Crippen LogP contribution is -2.38. The van der Waals surface area contributed by atoms with Gasteiger partial charge in [0.15, 0.2) is 0 Å². The van der Waals surface area contributed by atoms with Gasteiger partial charge in [-0.3, -0.25) is 14.1 Å². The maximum Gasteiger partial charge on any atom is 0.256 e. The minimum absolute atomic E-state index is 0.0342. The van der Waals surface area contributed by atoms with Crippen molar-refractivity contribution in [2.75, 3.05) is 6.54 Å². The Kier molecular flexibility index (Phi) is 3.19. The van der Waals surface area contributed by atoms with Crippen molar-refractivity contribution in [3.63, 3.8) is 0 Å². The number of hydrogen-bond donors (Lipinski definition) is 1. The zero-order chi connectivity index (χ0) is 13.4. The van der Waals surface area contributed by atoms with Crippen LogP contribution in [-0.4, -0.2) is 26.9 Å². The summed E-state index contributed by atoms with van der Waals surface area (Å²) in [5.41, 5.74) is 2.08. The number of imidazole rings is 1. The minimum Gasteiger partial charge on any atom is -0.342 e. The molecule has 19 heavy (non-hydrogen) atoms. The number of nitrogens with zero attached hydrogens (tertiary/aromatic N) is 2. The largest absolute Gasteiger partial charge is 0.342 e. The number of fused-ring (bicyclic) bond motifs is 1. The standard InChI is InChI=1S/C15H21N3O/c1-11(2)17-9-4-3-6-13(17)12-10-18-14(16-12)7-5-8-15(18)19/h5,7-8,10-11,13,16H,3-4,6,9H2,1-2H3. The van der Waals surface area contributed by atoms with E-state index in [1.807, 2.05) is 12.3 Å². The van der Waals surface area contributed by atoms with Crippen LogP contribution in [-0.2, 0) is 0 Å². The summed E-state index contributed by atoms with van der Waals surface area (Å²) in [6, 6.07) is 6.31. The molecule has 2 aromatic rings. The Labute approximate surface area is 113 Å². The van der Waals surface area contributed by atoms with Gasteiger partial charge in [0.1, 0.15) is 5.65 Å². The average molecular weight is 259 g/mol. The van der Waals surface area contributed by atoms with Crippen LogP contribution in [0.1, 0.15) is 44.8 Å². The SMILES string of the molecule is CC(C)N1CCCCC1c1cn2c(=O)cccc2[nH]1. The molecule has 1 aliphatic heterocycles. The van der Waals surface area contributed by atoms with E-state index in [1.165, 1.54) is 19.3 Å². The molecule has 0 spiro atoms. The summed E-state index contributed by atoms with van der Waals surface area (Å²) in [6.45, 7) is 5.63. The fourth-order valence-corrected chi connectivity index (χ4v) is 3.13. The van der Waals surface area contributed by atoms with E-state index in [0.29, 0.717) is 12.1 Å². The molecule has 4 nitrogen and oxygen atoms in total. The Morgan fingerprint density at radius 3 is 2.89 bits per heavy atom. The molecule has 0 bridgehead atoms. The zero-order valence-corrected chi connectivity index (χ0v) is 11.6. The molecular formula is C15H21N3O. The average Bonchev–Trinajstić information content (AvgIpc) is 2.84. The van der Waals surface area contributed by atoms with Gasteiger partial charge in [-0.2, -0.15) is 0 Å². The quantitative estimate of drug-likeness (QED) is 0.900. The number of hydrogen-bond acceptors (Lipinski definition) is 2. The molecule has 1 atom stereocenters. The Balaban J connectivity index is 2.02. The van der Waals surface area contributed by atoms with E-state index in [9.17, 15) is 4.79 Å².